The van der Waals surface area contributed by atoms with E-state index in [-0.39, 0.29) is 5.69 Å². The Morgan fingerprint density at radius 1 is 1.12 bits per heavy atom. The van der Waals surface area contributed by atoms with Crippen LogP contribution in [0.1, 0.15) is 5.56 Å². The molecule has 0 aliphatic rings. The van der Waals surface area contributed by atoms with Crippen molar-refractivity contribution in [3.8, 4) is 11.5 Å². The molecule has 0 aliphatic carbocycles. The molecular formula is C17H20ClN3O4. The summed E-state index contributed by atoms with van der Waals surface area (Å²) in [5.41, 5.74) is 1.90. The Labute approximate surface area is 151 Å². The Hall–Kier alpha value is -2.51. The third-order valence-electron chi connectivity index (χ3n) is 3.53. The first-order valence-corrected chi connectivity index (χ1v) is 8.02. The number of ether oxygens (including phenoxy) is 2. The molecule has 0 heterocycles. The van der Waals surface area contributed by atoms with Gasteiger partial charge in [-0.1, -0.05) is 11.6 Å². The number of hydrogen-bond donors (Lipinski definition) is 2. The minimum absolute atomic E-state index is 0.0778. The summed E-state index contributed by atoms with van der Waals surface area (Å²) in [5.74, 6) is 1.11. The quantitative estimate of drug-likeness (QED) is 0.402. The van der Waals surface area contributed by atoms with E-state index in [1.54, 1.807) is 26.4 Å². The molecule has 0 radical (unpaired) electrons. The fourth-order valence-electron chi connectivity index (χ4n) is 2.30. The van der Waals surface area contributed by atoms with Crippen molar-refractivity contribution in [2.24, 2.45) is 0 Å². The highest BCUT2D eigenvalue weighted by Crippen LogP contribution is 2.35. The molecule has 2 aromatic carbocycles. The number of halogens is 1. The maximum Gasteiger partial charge on any atom is 0.269 e. The summed E-state index contributed by atoms with van der Waals surface area (Å²) >= 11 is 6.18. The number of hydrogen-bond acceptors (Lipinski definition) is 6. The van der Waals surface area contributed by atoms with Crippen LogP contribution in [0.15, 0.2) is 36.4 Å². The molecule has 2 aromatic rings. The van der Waals surface area contributed by atoms with Gasteiger partial charge in [-0.15, -0.1) is 0 Å². The van der Waals surface area contributed by atoms with Gasteiger partial charge in [0.25, 0.3) is 5.69 Å². The fourth-order valence-corrected chi connectivity index (χ4v) is 2.61. The van der Waals surface area contributed by atoms with Gasteiger partial charge in [-0.05, 0) is 29.8 Å². The van der Waals surface area contributed by atoms with E-state index >= 15 is 0 Å². The standard InChI is InChI=1S/C17H20ClN3O4/c1-24-16-10-12(9-15(18)17(16)25-2)11-19-7-8-20-13-3-5-14(6-4-13)21(22)23/h3-6,9-10,19-20H,7-8,11H2,1-2H3. The number of anilines is 1. The van der Waals surface area contributed by atoms with Crippen LogP contribution in [0, 0.1) is 10.1 Å². The molecule has 2 rings (SSSR count). The topological polar surface area (TPSA) is 85.7 Å². The Morgan fingerprint density at radius 3 is 2.44 bits per heavy atom. The molecule has 0 aliphatic heterocycles. The van der Waals surface area contributed by atoms with Gasteiger partial charge in [0.15, 0.2) is 11.5 Å². The lowest BCUT2D eigenvalue weighted by molar-refractivity contribution is -0.384. The zero-order chi connectivity index (χ0) is 18.2. The molecule has 0 spiro atoms. The zero-order valence-electron chi connectivity index (χ0n) is 14.0. The van der Waals surface area contributed by atoms with Crippen LogP contribution in [0.3, 0.4) is 0 Å². The van der Waals surface area contributed by atoms with Gasteiger partial charge in [0.1, 0.15) is 0 Å². The molecule has 0 aromatic heterocycles. The van der Waals surface area contributed by atoms with Crippen LogP contribution in [0.2, 0.25) is 5.02 Å². The second-order valence-corrected chi connectivity index (χ2v) is 5.63. The van der Waals surface area contributed by atoms with E-state index in [0.717, 1.165) is 11.3 Å². The number of rotatable bonds is 9. The van der Waals surface area contributed by atoms with Crippen molar-refractivity contribution in [3.63, 3.8) is 0 Å². The second kappa shape index (κ2) is 9.10. The Balaban J connectivity index is 1.79. The number of nitro benzene ring substituents is 1. The molecule has 25 heavy (non-hydrogen) atoms. The normalized spacial score (nSPS) is 10.4. The maximum atomic E-state index is 10.6. The maximum absolute atomic E-state index is 10.6. The second-order valence-electron chi connectivity index (χ2n) is 5.22. The summed E-state index contributed by atoms with van der Waals surface area (Å²) in [6, 6.07) is 10.0. The molecule has 0 saturated carbocycles. The predicted molar refractivity (Wildman–Crippen MR) is 97.8 cm³/mol. The summed E-state index contributed by atoms with van der Waals surface area (Å²) in [5, 5.41) is 17.6. The minimum Gasteiger partial charge on any atom is -0.493 e. The van der Waals surface area contributed by atoms with Crippen molar-refractivity contribution in [2.45, 2.75) is 6.54 Å². The third kappa shape index (κ3) is 5.23. The minimum atomic E-state index is -0.417. The van der Waals surface area contributed by atoms with Crippen LogP contribution < -0.4 is 20.1 Å². The van der Waals surface area contributed by atoms with E-state index in [4.69, 9.17) is 21.1 Å². The van der Waals surface area contributed by atoms with Crippen molar-refractivity contribution in [2.75, 3.05) is 32.6 Å². The number of benzene rings is 2. The molecule has 0 atom stereocenters. The van der Waals surface area contributed by atoms with Crippen LogP contribution in [-0.4, -0.2) is 32.2 Å². The Bertz CT molecular complexity index is 723. The van der Waals surface area contributed by atoms with Crippen LogP contribution in [-0.2, 0) is 6.54 Å². The van der Waals surface area contributed by atoms with Crippen LogP contribution in [0.4, 0.5) is 11.4 Å². The molecule has 0 amide bonds. The molecule has 8 heteroatoms. The number of nitrogens with one attached hydrogen (secondary N) is 2. The number of methoxy groups -OCH3 is 2. The number of nitrogens with zero attached hydrogens (tertiary/aromatic N) is 1. The lowest BCUT2D eigenvalue weighted by Gasteiger charge is -2.12. The number of nitro groups is 1. The van der Waals surface area contributed by atoms with E-state index in [1.807, 2.05) is 12.1 Å². The van der Waals surface area contributed by atoms with Crippen molar-refractivity contribution in [1.82, 2.24) is 5.32 Å². The van der Waals surface area contributed by atoms with Crippen molar-refractivity contribution < 1.29 is 14.4 Å². The summed E-state index contributed by atoms with van der Waals surface area (Å²) in [4.78, 5) is 10.2. The van der Waals surface area contributed by atoms with E-state index in [9.17, 15) is 10.1 Å². The van der Waals surface area contributed by atoms with Gasteiger partial charge in [-0.3, -0.25) is 10.1 Å². The summed E-state index contributed by atoms with van der Waals surface area (Å²) in [7, 11) is 3.12. The van der Waals surface area contributed by atoms with Gasteiger partial charge in [0.05, 0.1) is 24.2 Å². The largest absolute Gasteiger partial charge is 0.493 e. The predicted octanol–water partition coefficient (Wildman–Crippen LogP) is 3.47. The molecule has 0 unspecified atom stereocenters. The van der Waals surface area contributed by atoms with Gasteiger partial charge in [-0.2, -0.15) is 0 Å². The first-order valence-electron chi connectivity index (χ1n) is 7.64. The molecule has 7 nitrogen and oxygen atoms in total. The number of non-ortho nitro benzene ring substituents is 1. The van der Waals surface area contributed by atoms with E-state index in [1.165, 1.54) is 12.1 Å². The van der Waals surface area contributed by atoms with E-state index in [2.05, 4.69) is 10.6 Å². The SMILES string of the molecule is COc1cc(CNCCNc2ccc([N+](=O)[O-])cc2)cc(Cl)c1OC. The van der Waals surface area contributed by atoms with Gasteiger partial charge in [-0.25, -0.2) is 0 Å². The van der Waals surface area contributed by atoms with Gasteiger partial charge >= 0.3 is 0 Å². The van der Waals surface area contributed by atoms with Gasteiger partial charge in [0.2, 0.25) is 0 Å². The van der Waals surface area contributed by atoms with Crippen molar-refractivity contribution in [3.05, 3.63) is 57.1 Å². The van der Waals surface area contributed by atoms with Crippen LogP contribution in [0.5, 0.6) is 11.5 Å². The smallest absolute Gasteiger partial charge is 0.269 e. The average Bonchev–Trinajstić information content (AvgIpc) is 2.61. The molecule has 0 saturated heterocycles. The van der Waals surface area contributed by atoms with Gasteiger partial charge in [0, 0.05) is 37.5 Å². The third-order valence-corrected chi connectivity index (χ3v) is 3.81. The highest BCUT2D eigenvalue weighted by molar-refractivity contribution is 6.32. The summed E-state index contributed by atoms with van der Waals surface area (Å²) < 4.78 is 10.5. The first kappa shape index (κ1) is 18.8. The highest BCUT2D eigenvalue weighted by Gasteiger charge is 2.10. The molecular weight excluding hydrogens is 346 g/mol. The molecule has 2 N–H and O–H groups in total. The van der Waals surface area contributed by atoms with E-state index in [0.29, 0.717) is 36.2 Å². The van der Waals surface area contributed by atoms with Crippen molar-refractivity contribution in [1.29, 1.82) is 0 Å². The lowest BCUT2D eigenvalue weighted by atomic mass is 10.2. The summed E-state index contributed by atoms with van der Waals surface area (Å²) in [6.45, 7) is 2.02. The summed E-state index contributed by atoms with van der Waals surface area (Å²) in [6.07, 6.45) is 0. The zero-order valence-corrected chi connectivity index (χ0v) is 14.8. The van der Waals surface area contributed by atoms with Crippen LogP contribution in [0.25, 0.3) is 0 Å². The Kier molecular flexibility index (Phi) is 6.85. The van der Waals surface area contributed by atoms with Crippen molar-refractivity contribution >= 4 is 23.0 Å². The molecule has 134 valence electrons. The molecule has 0 fully saturated rings. The average molecular weight is 366 g/mol. The van der Waals surface area contributed by atoms with Crippen LogP contribution >= 0.6 is 11.6 Å². The van der Waals surface area contributed by atoms with E-state index < -0.39 is 4.92 Å². The van der Waals surface area contributed by atoms with Gasteiger partial charge < -0.3 is 20.1 Å². The lowest BCUT2D eigenvalue weighted by Crippen LogP contribution is -2.21. The fraction of sp³-hybridized carbons (Fsp3) is 0.294. The Morgan fingerprint density at radius 2 is 1.84 bits per heavy atom. The highest BCUT2D eigenvalue weighted by atomic mass is 35.5. The monoisotopic (exact) mass is 365 g/mol. The first-order chi connectivity index (χ1) is 12.0. The molecule has 0 bridgehead atoms.